The molecule has 13 heavy (non-hydrogen) atoms. The van der Waals surface area contributed by atoms with Crippen molar-refractivity contribution in [2.24, 2.45) is 11.8 Å². The smallest absolute Gasteiger partial charge is 0.0239 e. The highest BCUT2D eigenvalue weighted by Crippen LogP contribution is 2.12. The molecule has 0 aliphatic carbocycles. The van der Waals surface area contributed by atoms with Crippen molar-refractivity contribution < 1.29 is 0 Å². The lowest BCUT2D eigenvalue weighted by molar-refractivity contribution is 0.502. The molecule has 0 aliphatic heterocycles. The molecule has 0 aliphatic rings. The van der Waals surface area contributed by atoms with E-state index in [0.717, 1.165) is 11.8 Å². The van der Waals surface area contributed by atoms with Crippen LogP contribution in [0.15, 0.2) is 12.2 Å². The summed E-state index contributed by atoms with van der Waals surface area (Å²) in [6.45, 7) is 9.13. The minimum Gasteiger partial charge on any atom is -0.0883 e. The quantitative estimate of drug-likeness (QED) is 0.392. The molecule has 0 heteroatoms. The van der Waals surface area contributed by atoms with Crippen LogP contribution in [0, 0.1) is 11.8 Å². The fraction of sp³-hybridized carbons (Fsp3) is 0.846. The Kier molecular flexibility index (Phi) is 8.18. The zero-order chi connectivity index (χ0) is 10.1. The molecular formula is C13H26. The van der Waals surface area contributed by atoms with Crippen LogP contribution in [0.1, 0.15) is 59.8 Å². The first-order valence-corrected chi connectivity index (χ1v) is 5.85. The second-order valence-corrected chi connectivity index (χ2v) is 4.38. The fourth-order valence-electron chi connectivity index (χ4n) is 1.22. The molecule has 0 nitrogen and oxygen atoms in total. The van der Waals surface area contributed by atoms with E-state index >= 15 is 0 Å². The summed E-state index contributed by atoms with van der Waals surface area (Å²) in [6, 6.07) is 0. The maximum Gasteiger partial charge on any atom is -0.0239 e. The monoisotopic (exact) mass is 182 g/mol. The van der Waals surface area contributed by atoms with Gasteiger partial charge in [-0.15, -0.1) is 0 Å². The van der Waals surface area contributed by atoms with Gasteiger partial charge in [0.15, 0.2) is 0 Å². The molecule has 0 aromatic heterocycles. The van der Waals surface area contributed by atoms with Gasteiger partial charge < -0.3 is 0 Å². The Bertz CT molecular complexity index is 122. The lowest BCUT2D eigenvalue weighted by Crippen LogP contribution is -1.98. The van der Waals surface area contributed by atoms with Crippen molar-refractivity contribution in [2.75, 3.05) is 0 Å². The summed E-state index contributed by atoms with van der Waals surface area (Å²) in [4.78, 5) is 0. The van der Waals surface area contributed by atoms with Crippen LogP contribution in [0.3, 0.4) is 0 Å². The molecular weight excluding hydrogens is 156 g/mol. The Labute approximate surface area is 84.4 Å². The van der Waals surface area contributed by atoms with Crippen LogP contribution in [-0.2, 0) is 0 Å². The SMILES string of the molecule is CCCCCCC=CC(C)C(C)C. The van der Waals surface area contributed by atoms with Crippen LogP contribution in [0.25, 0.3) is 0 Å². The summed E-state index contributed by atoms with van der Waals surface area (Å²) in [5.41, 5.74) is 0. The molecule has 78 valence electrons. The summed E-state index contributed by atoms with van der Waals surface area (Å²) in [6.07, 6.45) is 11.5. The molecule has 0 N–H and O–H groups in total. The average Bonchev–Trinajstić information content (AvgIpc) is 2.10. The first kappa shape index (κ1) is 12.7. The minimum absolute atomic E-state index is 0.742. The zero-order valence-corrected chi connectivity index (χ0v) is 9.84. The van der Waals surface area contributed by atoms with E-state index < -0.39 is 0 Å². The minimum atomic E-state index is 0.742. The number of hydrogen-bond donors (Lipinski definition) is 0. The molecule has 0 amide bonds. The highest BCUT2D eigenvalue weighted by atomic mass is 14.1. The summed E-state index contributed by atoms with van der Waals surface area (Å²) in [5, 5.41) is 0. The Morgan fingerprint density at radius 1 is 1.00 bits per heavy atom. The van der Waals surface area contributed by atoms with Crippen molar-refractivity contribution in [2.45, 2.75) is 59.8 Å². The molecule has 0 fully saturated rings. The average molecular weight is 182 g/mol. The van der Waals surface area contributed by atoms with Gasteiger partial charge in [-0.2, -0.15) is 0 Å². The molecule has 0 heterocycles. The van der Waals surface area contributed by atoms with Gasteiger partial charge in [0.05, 0.1) is 0 Å². The topological polar surface area (TPSA) is 0 Å². The van der Waals surface area contributed by atoms with E-state index in [4.69, 9.17) is 0 Å². The molecule has 0 aromatic rings. The summed E-state index contributed by atoms with van der Waals surface area (Å²) < 4.78 is 0. The second kappa shape index (κ2) is 8.34. The van der Waals surface area contributed by atoms with Crippen molar-refractivity contribution in [3.8, 4) is 0 Å². The van der Waals surface area contributed by atoms with E-state index in [2.05, 4.69) is 39.8 Å². The van der Waals surface area contributed by atoms with Gasteiger partial charge in [-0.1, -0.05) is 59.1 Å². The van der Waals surface area contributed by atoms with E-state index in [-0.39, 0.29) is 0 Å². The molecule has 0 rings (SSSR count). The molecule has 0 saturated carbocycles. The van der Waals surface area contributed by atoms with Gasteiger partial charge >= 0.3 is 0 Å². The van der Waals surface area contributed by atoms with E-state index in [1.165, 1.54) is 32.1 Å². The van der Waals surface area contributed by atoms with Crippen LogP contribution in [0.4, 0.5) is 0 Å². The maximum atomic E-state index is 2.37. The van der Waals surface area contributed by atoms with Crippen LogP contribution >= 0.6 is 0 Å². The van der Waals surface area contributed by atoms with Crippen LogP contribution in [-0.4, -0.2) is 0 Å². The van der Waals surface area contributed by atoms with Gasteiger partial charge in [0.1, 0.15) is 0 Å². The van der Waals surface area contributed by atoms with Crippen molar-refractivity contribution >= 4 is 0 Å². The van der Waals surface area contributed by atoms with Gasteiger partial charge in [0.2, 0.25) is 0 Å². The highest BCUT2D eigenvalue weighted by Gasteiger charge is 2.00. The van der Waals surface area contributed by atoms with Gasteiger partial charge in [0.25, 0.3) is 0 Å². The summed E-state index contributed by atoms with van der Waals surface area (Å²) in [7, 11) is 0. The maximum absolute atomic E-state index is 2.37. The first-order chi connectivity index (χ1) is 6.18. The number of hydrogen-bond acceptors (Lipinski definition) is 0. The Morgan fingerprint density at radius 2 is 1.69 bits per heavy atom. The summed E-state index contributed by atoms with van der Waals surface area (Å²) >= 11 is 0. The predicted molar refractivity (Wildman–Crippen MR) is 61.9 cm³/mol. The van der Waals surface area contributed by atoms with Gasteiger partial charge in [0, 0.05) is 0 Å². The van der Waals surface area contributed by atoms with E-state index in [1.54, 1.807) is 0 Å². The fourth-order valence-corrected chi connectivity index (χ4v) is 1.22. The van der Waals surface area contributed by atoms with Crippen LogP contribution in [0.2, 0.25) is 0 Å². The van der Waals surface area contributed by atoms with E-state index in [1.807, 2.05) is 0 Å². The molecule has 0 bridgehead atoms. The highest BCUT2D eigenvalue weighted by molar-refractivity contribution is 4.87. The Morgan fingerprint density at radius 3 is 2.23 bits per heavy atom. The van der Waals surface area contributed by atoms with Crippen molar-refractivity contribution in [3.05, 3.63) is 12.2 Å². The lowest BCUT2D eigenvalue weighted by Gasteiger charge is -2.09. The van der Waals surface area contributed by atoms with Gasteiger partial charge in [-0.05, 0) is 24.7 Å². The Hall–Kier alpha value is -0.260. The predicted octanol–water partition coefficient (Wildman–Crippen LogP) is 4.81. The third kappa shape index (κ3) is 8.08. The third-order valence-electron chi connectivity index (χ3n) is 2.72. The molecule has 1 atom stereocenters. The lowest BCUT2D eigenvalue weighted by atomic mass is 9.97. The number of rotatable bonds is 7. The number of unbranched alkanes of at least 4 members (excludes halogenated alkanes) is 4. The molecule has 0 radical (unpaired) electrons. The van der Waals surface area contributed by atoms with Crippen molar-refractivity contribution in [1.29, 1.82) is 0 Å². The van der Waals surface area contributed by atoms with Crippen LogP contribution < -0.4 is 0 Å². The molecule has 0 saturated heterocycles. The normalized spacial score (nSPS) is 14.2. The Balaban J connectivity index is 3.30. The van der Waals surface area contributed by atoms with Crippen molar-refractivity contribution in [3.63, 3.8) is 0 Å². The summed E-state index contributed by atoms with van der Waals surface area (Å²) in [5.74, 6) is 1.53. The standard InChI is InChI=1S/C13H26/c1-5-6-7-8-9-10-11-13(4)12(2)3/h10-13H,5-9H2,1-4H3. The van der Waals surface area contributed by atoms with Gasteiger partial charge in [-0.25, -0.2) is 0 Å². The molecule has 0 aromatic carbocycles. The number of allylic oxidation sites excluding steroid dienone is 2. The van der Waals surface area contributed by atoms with E-state index in [9.17, 15) is 0 Å². The van der Waals surface area contributed by atoms with Crippen molar-refractivity contribution in [1.82, 2.24) is 0 Å². The van der Waals surface area contributed by atoms with Gasteiger partial charge in [-0.3, -0.25) is 0 Å². The second-order valence-electron chi connectivity index (χ2n) is 4.38. The third-order valence-corrected chi connectivity index (χ3v) is 2.72. The first-order valence-electron chi connectivity index (χ1n) is 5.85. The van der Waals surface area contributed by atoms with Crippen LogP contribution in [0.5, 0.6) is 0 Å². The zero-order valence-electron chi connectivity index (χ0n) is 9.84. The van der Waals surface area contributed by atoms with E-state index in [0.29, 0.717) is 0 Å². The molecule has 0 spiro atoms. The molecule has 1 unspecified atom stereocenters. The largest absolute Gasteiger partial charge is 0.0883 e.